The van der Waals surface area contributed by atoms with Gasteiger partial charge in [0.15, 0.2) is 0 Å². The molecule has 47 heavy (non-hydrogen) atoms. The standard InChI is InChI=1S/C35H49NO11/c1-8-36-16-32(17-41-3)22(38)13-23(43-5)35-21-14-33(40)24(44-6)15-34(47-18(2)37,26(29(35)36)27(45-7)28(32)35)25(21)30(33)46-31(39)19-9-11-20(42-4)12-10-19/h9-12,21-30,38,40H,8,13-17H2,1-7H3/t21-,22?,23+,24+,25?,26?,27+,28?,29-,30-,32+,33-,34-,35?/m1/s1. The summed E-state index contributed by atoms with van der Waals surface area (Å²) >= 11 is 0. The molecule has 12 nitrogen and oxygen atoms in total. The Kier molecular flexibility index (Phi) is 8.02. The Morgan fingerprint density at radius 1 is 0.979 bits per heavy atom. The third-order valence-electron chi connectivity index (χ3n) is 13.4. The summed E-state index contributed by atoms with van der Waals surface area (Å²) in [7, 11) is 8.11. The number of methoxy groups -OCH3 is 5. The molecule has 0 radical (unpaired) electrons. The van der Waals surface area contributed by atoms with Crippen LogP contribution in [0.4, 0.5) is 0 Å². The number of hydrogen-bond donors (Lipinski definition) is 2. The average molecular weight is 660 g/mol. The molecule has 1 aromatic carbocycles. The van der Waals surface area contributed by atoms with Crippen molar-refractivity contribution in [3.63, 3.8) is 0 Å². The van der Waals surface area contributed by atoms with Crippen molar-refractivity contribution in [1.82, 2.24) is 4.90 Å². The Morgan fingerprint density at radius 3 is 2.26 bits per heavy atom. The Balaban J connectivity index is 1.47. The Labute approximate surface area is 275 Å². The van der Waals surface area contributed by atoms with Gasteiger partial charge >= 0.3 is 11.9 Å². The Bertz CT molecular complexity index is 1390. The molecule has 5 unspecified atom stereocenters. The van der Waals surface area contributed by atoms with E-state index in [0.717, 1.165) is 0 Å². The molecular formula is C35H49NO11. The molecule has 6 aliphatic rings. The van der Waals surface area contributed by atoms with Crippen LogP contribution < -0.4 is 4.74 Å². The lowest BCUT2D eigenvalue weighted by Crippen LogP contribution is -2.79. The number of aliphatic hydroxyl groups excluding tert-OH is 1. The maximum Gasteiger partial charge on any atom is 0.338 e. The zero-order valence-electron chi connectivity index (χ0n) is 28.3. The summed E-state index contributed by atoms with van der Waals surface area (Å²) in [6.07, 6.45) is -2.70. The number of nitrogens with zero attached hydrogens (tertiary/aromatic N) is 1. The fraction of sp³-hybridized carbons (Fsp3) is 0.771. The molecule has 5 aliphatic carbocycles. The molecule has 1 aliphatic heterocycles. The van der Waals surface area contributed by atoms with Crippen molar-refractivity contribution in [3.8, 4) is 5.75 Å². The van der Waals surface area contributed by atoms with Crippen LogP contribution in [0.15, 0.2) is 24.3 Å². The molecule has 1 aromatic rings. The van der Waals surface area contributed by atoms with Crippen LogP contribution in [0.3, 0.4) is 0 Å². The highest BCUT2D eigenvalue weighted by Gasteiger charge is 2.90. The Hall–Kier alpha value is -2.32. The van der Waals surface area contributed by atoms with E-state index in [1.165, 1.54) is 14.0 Å². The number of piperidine rings is 1. The van der Waals surface area contributed by atoms with E-state index < -0.39 is 76.3 Å². The highest BCUT2D eigenvalue weighted by molar-refractivity contribution is 5.89. The number of aliphatic hydroxyl groups is 2. The number of benzene rings is 1. The predicted octanol–water partition coefficient (Wildman–Crippen LogP) is 1.69. The van der Waals surface area contributed by atoms with Gasteiger partial charge in [-0.15, -0.1) is 0 Å². The van der Waals surface area contributed by atoms with Crippen molar-refractivity contribution in [1.29, 1.82) is 0 Å². The van der Waals surface area contributed by atoms with Crippen LogP contribution in [0, 0.1) is 34.5 Å². The summed E-state index contributed by atoms with van der Waals surface area (Å²) < 4.78 is 43.2. The number of esters is 2. The first-order chi connectivity index (χ1) is 22.5. The number of carbonyl (C=O) groups excluding carboxylic acids is 2. The molecule has 12 heteroatoms. The van der Waals surface area contributed by atoms with Gasteiger partial charge in [-0.25, -0.2) is 4.79 Å². The van der Waals surface area contributed by atoms with Gasteiger partial charge in [0.1, 0.15) is 23.1 Å². The molecule has 6 fully saturated rings. The molecule has 7 bridgehead atoms. The minimum atomic E-state index is -1.58. The summed E-state index contributed by atoms with van der Waals surface area (Å²) in [4.78, 5) is 29.5. The molecule has 2 N–H and O–H groups in total. The second-order valence-corrected chi connectivity index (χ2v) is 14.7. The van der Waals surface area contributed by atoms with Crippen LogP contribution in [0.25, 0.3) is 0 Å². The fourth-order valence-electron chi connectivity index (χ4n) is 12.4. The number of likely N-dealkylation sites (tertiary alicyclic amines) is 1. The largest absolute Gasteiger partial charge is 0.497 e. The number of hydrogen-bond acceptors (Lipinski definition) is 12. The summed E-state index contributed by atoms with van der Waals surface area (Å²) in [5.74, 6) is -2.10. The molecule has 260 valence electrons. The van der Waals surface area contributed by atoms with E-state index in [1.807, 2.05) is 0 Å². The smallest absolute Gasteiger partial charge is 0.338 e. The van der Waals surface area contributed by atoms with Gasteiger partial charge in [-0.2, -0.15) is 0 Å². The predicted molar refractivity (Wildman–Crippen MR) is 166 cm³/mol. The number of ether oxygens (including phenoxy) is 7. The van der Waals surface area contributed by atoms with Crippen LogP contribution in [0.2, 0.25) is 0 Å². The summed E-state index contributed by atoms with van der Waals surface area (Å²) in [5, 5.41) is 24.8. The lowest BCUT2D eigenvalue weighted by molar-refractivity contribution is -0.300. The molecular weight excluding hydrogens is 610 g/mol. The number of rotatable bonds is 10. The van der Waals surface area contributed by atoms with Crippen molar-refractivity contribution < 1.29 is 53.0 Å². The van der Waals surface area contributed by atoms with E-state index in [4.69, 9.17) is 33.2 Å². The van der Waals surface area contributed by atoms with E-state index in [-0.39, 0.29) is 30.7 Å². The van der Waals surface area contributed by atoms with E-state index in [1.54, 1.807) is 52.7 Å². The van der Waals surface area contributed by atoms with Gasteiger partial charge in [0.25, 0.3) is 0 Å². The Morgan fingerprint density at radius 2 is 1.68 bits per heavy atom. The van der Waals surface area contributed by atoms with Crippen LogP contribution in [0.5, 0.6) is 5.75 Å². The third kappa shape index (κ3) is 4.00. The van der Waals surface area contributed by atoms with Crippen molar-refractivity contribution in [3.05, 3.63) is 29.8 Å². The van der Waals surface area contributed by atoms with Gasteiger partial charge in [-0.05, 0) is 43.1 Å². The zero-order valence-corrected chi connectivity index (χ0v) is 28.3. The molecule has 0 amide bonds. The van der Waals surface area contributed by atoms with E-state index in [0.29, 0.717) is 37.4 Å². The monoisotopic (exact) mass is 659 g/mol. The van der Waals surface area contributed by atoms with Gasteiger partial charge < -0.3 is 43.4 Å². The van der Waals surface area contributed by atoms with E-state index in [2.05, 4.69) is 11.8 Å². The van der Waals surface area contributed by atoms with Crippen LogP contribution in [0.1, 0.15) is 43.5 Å². The van der Waals surface area contributed by atoms with Crippen molar-refractivity contribution in [2.45, 2.75) is 80.9 Å². The molecule has 7 rings (SSSR count). The van der Waals surface area contributed by atoms with Gasteiger partial charge in [0.2, 0.25) is 0 Å². The van der Waals surface area contributed by atoms with E-state index >= 15 is 0 Å². The second kappa shape index (κ2) is 11.4. The fourth-order valence-corrected chi connectivity index (χ4v) is 12.4. The minimum absolute atomic E-state index is 0.179. The number of carbonyl (C=O) groups is 2. The quantitative estimate of drug-likeness (QED) is 0.353. The number of fused-ring (bicyclic) bond motifs is 2. The molecule has 1 spiro atoms. The first kappa shape index (κ1) is 33.2. The molecule has 1 heterocycles. The van der Waals surface area contributed by atoms with Crippen molar-refractivity contribution >= 4 is 11.9 Å². The average Bonchev–Trinajstić information content (AvgIpc) is 3.43. The second-order valence-electron chi connectivity index (χ2n) is 14.7. The maximum atomic E-state index is 13.9. The minimum Gasteiger partial charge on any atom is -0.497 e. The van der Waals surface area contributed by atoms with Crippen LogP contribution >= 0.6 is 0 Å². The summed E-state index contributed by atoms with van der Waals surface area (Å²) in [6.45, 7) is 5.04. The van der Waals surface area contributed by atoms with E-state index in [9.17, 15) is 19.8 Å². The highest BCUT2D eigenvalue weighted by Crippen LogP contribution is 2.80. The van der Waals surface area contributed by atoms with Crippen LogP contribution in [-0.4, -0.2) is 130 Å². The molecule has 0 aromatic heterocycles. The third-order valence-corrected chi connectivity index (χ3v) is 13.4. The van der Waals surface area contributed by atoms with Gasteiger partial charge in [0, 0.05) is 89.4 Å². The maximum absolute atomic E-state index is 13.9. The molecule has 5 saturated carbocycles. The van der Waals surface area contributed by atoms with Crippen molar-refractivity contribution in [2.75, 3.05) is 55.2 Å². The lowest BCUT2D eigenvalue weighted by atomic mass is 9.42. The summed E-state index contributed by atoms with van der Waals surface area (Å²) in [6, 6.07) is 6.44. The van der Waals surface area contributed by atoms with Gasteiger partial charge in [0.05, 0.1) is 43.7 Å². The molecule has 14 atom stereocenters. The van der Waals surface area contributed by atoms with Gasteiger partial charge in [-0.3, -0.25) is 9.69 Å². The normalized spacial score (nSPS) is 47.4. The zero-order chi connectivity index (χ0) is 33.7. The molecule has 1 saturated heterocycles. The SMILES string of the molecule is CCN1C[C@]2(COC)C(O)C[C@H](OC)C34C2[C@@H](OC)C([C@@H]13)[C@@]1(OC(C)=O)C[C@H](OC)[C@]2(O)C[C@@H]4C1[C@H]2OC(=O)c1ccc(OC)cc1. The van der Waals surface area contributed by atoms with Gasteiger partial charge in [-0.1, -0.05) is 6.92 Å². The highest BCUT2D eigenvalue weighted by atomic mass is 16.6. The lowest BCUT2D eigenvalue weighted by Gasteiger charge is -2.70. The topological polar surface area (TPSA) is 142 Å². The first-order valence-corrected chi connectivity index (χ1v) is 16.7. The summed E-state index contributed by atoms with van der Waals surface area (Å²) in [5.41, 5.74) is -3.89. The van der Waals surface area contributed by atoms with Crippen LogP contribution in [-0.2, 0) is 33.2 Å². The van der Waals surface area contributed by atoms with Crippen molar-refractivity contribution in [2.24, 2.45) is 34.5 Å². The first-order valence-electron chi connectivity index (χ1n) is 16.7.